The van der Waals surface area contributed by atoms with Gasteiger partial charge in [0.1, 0.15) is 6.10 Å². The molecule has 2 heterocycles. The van der Waals surface area contributed by atoms with Crippen LogP contribution in [-0.2, 0) is 16.0 Å². The van der Waals surface area contributed by atoms with Gasteiger partial charge in [0.25, 0.3) is 0 Å². The quantitative estimate of drug-likeness (QED) is 0.412. The number of nitrogens with zero attached hydrogens (tertiary/aromatic N) is 1. The van der Waals surface area contributed by atoms with Gasteiger partial charge in [0.05, 0.1) is 25.5 Å². The Morgan fingerprint density at radius 1 is 1.21 bits per heavy atom. The molecule has 1 aliphatic rings. The van der Waals surface area contributed by atoms with E-state index in [0.717, 1.165) is 5.56 Å². The lowest BCUT2D eigenvalue weighted by atomic mass is 10.0. The van der Waals surface area contributed by atoms with Crippen LogP contribution in [0.15, 0.2) is 59.5 Å². The van der Waals surface area contributed by atoms with Gasteiger partial charge < -0.3 is 34.9 Å². The first-order valence-electron chi connectivity index (χ1n) is 10.9. The summed E-state index contributed by atoms with van der Waals surface area (Å²) in [6.45, 7) is 2.91. The average molecular weight is 466 g/mol. The van der Waals surface area contributed by atoms with Crippen molar-refractivity contribution < 1.29 is 28.6 Å². The Morgan fingerprint density at radius 2 is 2.03 bits per heavy atom. The van der Waals surface area contributed by atoms with Crippen molar-refractivity contribution in [1.82, 2.24) is 10.3 Å². The number of anilines is 2. The number of hydrogen-bond donors (Lipinski definition) is 4. The van der Waals surface area contributed by atoms with Gasteiger partial charge in [0, 0.05) is 29.9 Å². The minimum atomic E-state index is -0.776. The number of nitrogens with one attached hydrogen (secondary N) is 3. The molecule has 4 N–H and O–H groups in total. The predicted octanol–water partition coefficient (Wildman–Crippen LogP) is 4.05. The molecule has 178 valence electrons. The Balaban J connectivity index is 1.34. The molecule has 1 unspecified atom stereocenters. The van der Waals surface area contributed by atoms with E-state index in [9.17, 15) is 14.7 Å². The summed E-state index contributed by atoms with van der Waals surface area (Å²) in [6.07, 6.45) is 2.08. The van der Waals surface area contributed by atoms with Crippen LogP contribution >= 0.6 is 0 Å². The van der Waals surface area contributed by atoms with E-state index >= 15 is 0 Å². The van der Waals surface area contributed by atoms with Crippen molar-refractivity contribution in [1.29, 1.82) is 0 Å². The topological polar surface area (TPSA) is 135 Å². The maximum absolute atomic E-state index is 12.5. The van der Waals surface area contributed by atoms with Crippen LogP contribution in [0.2, 0.25) is 0 Å². The number of carbonyl (C=O) groups is 2. The van der Waals surface area contributed by atoms with E-state index < -0.39 is 18.2 Å². The molecule has 0 spiro atoms. The number of carbonyl (C=O) groups excluding carboxylic acids is 2. The third-order valence-corrected chi connectivity index (χ3v) is 5.24. The maximum atomic E-state index is 12.5. The number of oxazole rings is 1. The third kappa shape index (κ3) is 6.12. The van der Waals surface area contributed by atoms with Crippen molar-refractivity contribution in [2.75, 3.05) is 23.8 Å². The molecule has 2 aromatic carbocycles. The molecular weight excluding hydrogens is 440 g/mol. The number of ether oxygens (including phenoxy) is 2. The zero-order chi connectivity index (χ0) is 23.9. The molecule has 3 amide bonds. The van der Waals surface area contributed by atoms with Gasteiger partial charge in [-0.15, -0.1) is 0 Å². The van der Waals surface area contributed by atoms with Gasteiger partial charge in [0.2, 0.25) is 0 Å². The summed E-state index contributed by atoms with van der Waals surface area (Å²) in [6, 6.07) is 11.8. The molecule has 0 radical (unpaired) electrons. The highest BCUT2D eigenvalue weighted by Gasteiger charge is 2.19. The second kappa shape index (κ2) is 10.8. The maximum Gasteiger partial charge on any atom is 0.407 e. The number of aromatic nitrogens is 1. The number of rotatable bonds is 7. The van der Waals surface area contributed by atoms with Crippen LogP contribution in [0.4, 0.5) is 21.0 Å². The Bertz CT molecular complexity index is 1130. The summed E-state index contributed by atoms with van der Waals surface area (Å²) in [7, 11) is 0. The van der Waals surface area contributed by atoms with Gasteiger partial charge in [-0.05, 0) is 48.4 Å². The largest absolute Gasteiger partial charge is 0.444 e. The summed E-state index contributed by atoms with van der Waals surface area (Å²) in [5.41, 5.74) is 3.15. The molecule has 1 aliphatic heterocycles. The Hall–Kier alpha value is -3.89. The Kier molecular flexibility index (Phi) is 7.41. The fraction of sp³-hybridized carbons (Fsp3) is 0.292. The molecule has 0 bridgehead atoms. The van der Waals surface area contributed by atoms with Crippen molar-refractivity contribution >= 4 is 23.5 Å². The summed E-state index contributed by atoms with van der Waals surface area (Å²) >= 11 is 0. The van der Waals surface area contributed by atoms with Gasteiger partial charge in [-0.3, -0.25) is 0 Å². The minimum absolute atomic E-state index is 0.212. The summed E-state index contributed by atoms with van der Waals surface area (Å²) in [5, 5.41) is 18.4. The van der Waals surface area contributed by atoms with E-state index in [4.69, 9.17) is 13.9 Å². The molecule has 10 heteroatoms. The normalized spacial score (nSPS) is 16.0. The number of aliphatic hydroxyl groups is 1. The monoisotopic (exact) mass is 466 g/mol. The molecule has 3 aromatic rings. The first-order chi connectivity index (χ1) is 16.5. The second-order valence-electron chi connectivity index (χ2n) is 7.87. The highest BCUT2D eigenvalue weighted by molar-refractivity contribution is 6.00. The number of alkyl carbamates (subject to hydrolysis) is 1. The zero-order valence-corrected chi connectivity index (χ0v) is 18.6. The van der Waals surface area contributed by atoms with E-state index in [2.05, 4.69) is 20.9 Å². The molecule has 4 rings (SSSR count). The van der Waals surface area contributed by atoms with Crippen LogP contribution < -0.4 is 16.0 Å². The summed E-state index contributed by atoms with van der Waals surface area (Å²) < 4.78 is 15.8. The number of aliphatic hydroxyl groups excluding tert-OH is 1. The van der Waals surface area contributed by atoms with Crippen LogP contribution in [0.25, 0.3) is 11.3 Å². The Morgan fingerprint density at radius 3 is 2.74 bits per heavy atom. The predicted molar refractivity (Wildman–Crippen MR) is 124 cm³/mol. The molecule has 34 heavy (non-hydrogen) atoms. The lowest BCUT2D eigenvalue weighted by Gasteiger charge is -2.14. The smallest absolute Gasteiger partial charge is 0.407 e. The molecular formula is C24H26N4O6. The SMILES string of the molecule is CC(O)c1cc(NC(=O)Nc2cccc(CNC(=O)O[C@H]3CCOC3)c2)ccc1-c1cnco1. The average Bonchev–Trinajstić information content (AvgIpc) is 3.52. The van der Waals surface area contributed by atoms with Gasteiger partial charge in [-0.1, -0.05) is 12.1 Å². The van der Waals surface area contributed by atoms with Crippen molar-refractivity contribution in [3.8, 4) is 11.3 Å². The first kappa shape index (κ1) is 23.3. The fourth-order valence-corrected chi connectivity index (χ4v) is 3.58. The summed E-state index contributed by atoms with van der Waals surface area (Å²) in [5.74, 6) is 0.526. The van der Waals surface area contributed by atoms with Gasteiger partial charge >= 0.3 is 12.1 Å². The highest BCUT2D eigenvalue weighted by Crippen LogP contribution is 2.30. The van der Waals surface area contributed by atoms with Crippen LogP contribution in [0.5, 0.6) is 0 Å². The lowest BCUT2D eigenvalue weighted by molar-refractivity contribution is 0.0828. The zero-order valence-electron chi connectivity index (χ0n) is 18.6. The fourth-order valence-electron chi connectivity index (χ4n) is 3.58. The Labute approximate surface area is 196 Å². The lowest BCUT2D eigenvalue weighted by Crippen LogP contribution is -2.28. The van der Waals surface area contributed by atoms with E-state index in [-0.39, 0.29) is 12.6 Å². The van der Waals surface area contributed by atoms with E-state index in [1.807, 2.05) is 6.07 Å². The molecule has 1 fully saturated rings. The molecule has 10 nitrogen and oxygen atoms in total. The van der Waals surface area contributed by atoms with E-state index in [1.165, 1.54) is 6.39 Å². The minimum Gasteiger partial charge on any atom is -0.444 e. The molecule has 2 atom stereocenters. The molecule has 0 aliphatic carbocycles. The number of hydrogen-bond acceptors (Lipinski definition) is 7. The van der Waals surface area contributed by atoms with Gasteiger partial charge in [-0.25, -0.2) is 14.6 Å². The van der Waals surface area contributed by atoms with Gasteiger partial charge in [0.15, 0.2) is 12.2 Å². The van der Waals surface area contributed by atoms with E-state index in [0.29, 0.717) is 47.9 Å². The number of urea groups is 1. The van der Waals surface area contributed by atoms with Crippen LogP contribution in [-0.4, -0.2) is 41.5 Å². The van der Waals surface area contributed by atoms with E-state index in [1.54, 1.807) is 49.5 Å². The van der Waals surface area contributed by atoms with Crippen LogP contribution in [0.3, 0.4) is 0 Å². The van der Waals surface area contributed by atoms with Crippen molar-refractivity contribution in [3.05, 3.63) is 66.2 Å². The molecule has 1 aromatic heterocycles. The standard InChI is InChI=1S/C24H26N4O6/c1-15(29)21-10-18(5-6-20(21)22-12-25-14-33-22)28-23(30)27-17-4-2-3-16(9-17)11-26-24(31)34-19-7-8-32-13-19/h2-6,9-10,12,14-15,19,29H,7-8,11,13H2,1H3,(H,26,31)(H2,27,28,30)/t15?,19-/m0/s1. The van der Waals surface area contributed by atoms with Crippen LogP contribution in [0.1, 0.15) is 30.6 Å². The molecule has 1 saturated heterocycles. The van der Waals surface area contributed by atoms with Crippen molar-refractivity contribution in [2.45, 2.75) is 32.1 Å². The van der Waals surface area contributed by atoms with Crippen molar-refractivity contribution in [3.63, 3.8) is 0 Å². The molecule has 0 saturated carbocycles. The number of amides is 3. The van der Waals surface area contributed by atoms with Crippen molar-refractivity contribution in [2.24, 2.45) is 0 Å². The highest BCUT2D eigenvalue weighted by atomic mass is 16.6. The third-order valence-electron chi connectivity index (χ3n) is 5.24. The summed E-state index contributed by atoms with van der Waals surface area (Å²) in [4.78, 5) is 28.4. The van der Waals surface area contributed by atoms with Crippen LogP contribution in [0, 0.1) is 0 Å². The van der Waals surface area contributed by atoms with Gasteiger partial charge in [-0.2, -0.15) is 0 Å². The number of benzene rings is 2. The first-order valence-corrected chi connectivity index (χ1v) is 10.9. The second-order valence-corrected chi connectivity index (χ2v) is 7.87.